The third-order valence-corrected chi connectivity index (χ3v) is 3.44. The quantitative estimate of drug-likeness (QED) is 0.538. The fourth-order valence-corrected chi connectivity index (χ4v) is 2.32. The largest absolute Gasteiger partial charge is 0.456 e. The van der Waals surface area contributed by atoms with E-state index in [0.717, 1.165) is 27.2 Å². The minimum atomic E-state index is 0.701. The molecule has 3 rings (SSSR count). The van der Waals surface area contributed by atoms with Gasteiger partial charge in [0.25, 0.3) is 0 Å². The third kappa shape index (κ3) is 2.82. The van der Waals surface area contributed by atoms with Gasteiger partial charge in [0.15, 0.2) is 0 Å². The molecule has 0 radical (unpaired) electrons. The normalized spacial score (nSPS) is 10.4. The van der Waals surface area contributed by atoms with Crippen molar-refractivity contribution in [3.8, 4) is 22.6 Å². The van der Waals surface area contributed by atoms with Crippen molar-refractivity contribution >= 4 is 23.8 Å². The predicted octanol–water partition coefficient (Wildman–Crippen LogP) is 6.00. The van der Waals surface area contributed by atoms with Gasteiger partial charge in [-0.25, -0.2) is 0 Å². The topological polar surface area (TPSA) is 13.1 Å². The standard InChI is InChI=1S/C17H11ClOS/c18-14-8-6-13(7-9-14)17-11-15(20)10-16(19-17)12-4-2-1-3-5-12/h1-11H. The lowest BCUT2D eigenvalue weighted by atomic mass is 10.1. The molecule has 98 valence electrons. The van der Waals surface area contributed by atoms with Gasteiger partial charge in [-0.3, -0.25) is 0 Å². The first-order valence-electron chi connectivity index (χ1n) is 6.19. The molecule has 1 heterocycles. The maximum Gasteiger partial charge on any atom is 0.136 e. The van der Waals surface area contributed by atoms with Gasteiger partial charge in [0.05, 0.1) is 0 Å². The first-order chi connectivity index (χ1) is 9.72. The maximum absolute atomic E-state index is 5.96. The Kier molecular flexibility index (Phi) is 3.68. The molecule has 2 aromatic carbocycles. The van der Waals surface area contributed by atoms with Crippen molar-refractivity contribution in [1.82, 2.24) is 0 Å². The molecule has 0 bridgehead atoms. The highest BCUT2D eigenvalue weighted by Gasteiger charge is 2.05. The van der Waals surface area contributed by atoms with Crippen molar-refractivity contribution < 1.29 is 4.42 Å². The van der Waals surface area contributed by atoms with Crippen molar-refractivity contribution in [1.29, 1.82) is 0 Å². The van der Waals surface area contributed by atoms with Crippen LogP contribution >= 0.6 is 23.8 Å². The molecule has 0 aliphatic heterocycles. The van der Waals surface area contributed by atoms with Crippen LogP contribution in [0.2, 0.25) is 5.02 Å². The van der Waals surface area contributed by atoms with Crippen LogP contribution in [0.1, 0.15) is 0 Å². The summed E-state index contributed by atoms with van der Waals surface area (Å²) in [7, 11) is 0. The van der Waals surface area contributed by atoms with E-state index >= 15 is 0 Å². The zero-order valence-electron chi connectivity index (χ0n) is 10.5. The molecule has 0 spiro atoms. The molecular formula is C17H11ClOS. The van der Waals surface area contributed by atoms with Crippen LogP contribution in [0.4, 0.5) is 0 Å². The Hall–Kier alpha value is -1.90. The fraction of sp³-hybridized carbons (Fsp3) is 0. The molecule has 3 aromatic rings. The summed E-state index contributed by atoms with van der Waals surface area (Å²) in [4.78, 5) is 0. The molecule has 0 aliphatic carbocycles. The van der Waals surface area contributed by atoms with Gasteiger partial charge < -0.3 is 4.42 Å². The molecule has 0 aliphatic rings. The van der Waals surface area contributed by atoms with Gasteiger partial charge in [0, 0.05) is 20.7 Å². The lowest BCUT2D eigenvalue weighted by molar-refractivity contribution is 0.581. The summed E-state index contributed by atoms with van der Waals surface area (Å²) in [6.45, 7) is 0. The summed E-state index contributed by atoms with van der Waals surface area (Å²) >= 11 is 11.2. The van der Waals surface area contributed by atoms with Crippen LogP contribution in [-0.4, -0.2) is 0 Å². The molecule has 1 nitrogen and oxygen atoms in total. The molecule has 0 fully saturated rings. The van der Waals surface area contributed by atoms with E-state index in [1.165, 1.54) is 0 Å². The second-order valence-corrected chi connectivity index (χ2v) is 5.30. The fourth-order valence-electron chi connectivity index (χ4n) is 1.98. The van der Waals surface area contributed by atoms with Crippen LogP contribution in [0.5, 0.6) is 0 Å². The Morgan fingerprint density at radius 2 is 1.30 bits per heavy atom. The van der Waals surface area contributed by atoms with Crippen LogP contribution in [0.25, 0.3) is 22.6 Å². The summed E-state index contributed by atoms with van der Waals surface area (Å²) in [5, 5.41) is 0.701. The molecule has 3 heteroatoms. The van der Waals surface area contributed by atoms with Crippen LogP contribution in [0.3, 0.4) is 0 Å². The van der Waals surface area contributed by atoms with Crippen molar-refractivity contribution in [3.63, 3.8) is 0 Å². The van der Waals surface area contributed by atoms with E-state index in [1.54, 1.807) is 0 Å². The highest BCUT2D eigenvalue weighted by Crippen LogP contribution is 2.27. The summed E-state index contributed by atoms with van der Waals surface area (Å²) in [6, 6.07) is 21.2. The van der Waals surface area contributed by atoms with Crippen LogP contribution in [0, 0.1) is 4.51 Å². The number of hydrogen-bond donors (Lipinski definition) is 0. The smallest absolute Gasteiger partial charge is 0.136 e. The second-order valence-electron chi connectivity index (χ2n) is 4.39. The van der Waals surface area contributed by atoms with Crippen molar-refractivity contribution in [2.75, 3.05) is 0 Å². The first kappa shape index (κ1) is 13.1. The van der Waals surface area contributed by atoms with E-state index in [1.807, 2.05) is 66.7 Å². The van der Waals surface area contributed by atoms with Crippen molar-refractivity contribution in [3.05, 3.63) is 76.3 Å². The summed E-state index contributed by atoms with van der Waals surface area (Å²) in [5.41, 5.74) is 1.97. The summed E-state index contributed by atoms with van der Waals surface area (Å²) in [5.74, 6) is 1.51. The van der Waals surface area contributed by atoms with E-state index in [4.69, 9.17) is 28.2 Å². The minimum absolute atomic E-state index is 0.701. The van der Waals surface area contributed by atoms with E-state index in [9.17, 15) is 0 Å². The van der Waals surface area contributed by atoms with Crippen LogP contribution in [0.15, 0.2) is 71.1 Å². The van der Waals surface area contributed by atoms with Crippen molar-refractivity contribution in [2.45, 2.75) is 0 Å². The van der Waals surface area contributed by atoms with E-state index in [2.05, 4.69) is 0 Å². The van der Waals surface area contributed by atoms with E-state index in [-0.39, 0.29) is 0 Å². The molecule has 0 N–H and O–H groups in total. The Bertz CT molecular complexity index is 776. The van der Waals surface area contributed by atoms with E-state index in [0.29, 0.717) is 5.02 Å². The van der Waals surface area contributed by atoms with Crippen molar-refractivity contribution in [2.24, 2.45) is 0 Å². The molecule has 0 saturated carbocycles. The number of halogens is 1. The molecule has 0 amide bonds. The van der Waals surface area contributed by atoms with Crippen LogP contribution in [-0.2, 0) is 0 Å². The minimum Gasteiger partial charge on any atom is -0.456 e. The van der Waals surface area contributed by atoms with Gasteiger partial charge >= 0.3 is 0 Å². The summed E-state index contributed by atoms with van der Waals surface area (Å²) < 4.78 is 6.71. The average molecular weight is 299 g/mol. The van der Waals surface area contributed by atoms with Gasteiger partial charge in [-0.1, -0.05) is 54.2 Å². The molecule has 1 aromatic heterocycles. The number of hydrogen-bond acceptors (Lipinski definition) is 2. The highest BCUT2D eigenvalue weighted by molar-refractivity contribution is 7.71. The Morgan fingerprint density at radius 1 is 0.750 bits per heavy atom. The molecule has 0 saturated heterocycles. The van der Waals surface area contributed by atoms with Gasteiger partial charge in [-0.15, -0.1) is 0 Å². The second kappa shape index (κ2) is 5.61. The lowest BCUT2D eigenvalue weighted by Crippen LogP contribution is -1.82. The third-order valence-electron chi connectivity index (χ3n) is 2.95. The average Bonchev–Trinajstić information content (AvgIpc) is 2.48. The SMILES string of the molecule is S=c1cc(-c2ccccc2)oc(-c2ccc(Cl)cc2)c1. The predicted molar refractivity (Wildman–Crippen MR) is 85.4 cm³/mol. The maximum atomic E-state index is 5.96. The zero-order chi connectivity index (χ0) is 13.9. The van der Waals surface area contributed by atoms with Crippen LogP contribution < -0.4 is 0 Å². The van der Waals surface area contributed by atoms with E-state index < -0.39 is 0 Å². The molecule has 0 atom stereocenters. The first-order valence-corrected chi connectivity index (χ1v) is 6.97. The molecule has 20 heavy (non-hydrogen) atoms. The van der Waals surface area contributed by atoms with Gasteiger partial charge in [0.2, 0.25) is 0 Å². The lowest BCUT2D eigenvalue weighted by Gasteiger charge is -2.05. The van der Waals surface area contributed by atoms with Gasteiger partial charge in [-0.2, -0.15) is 0 Å². The Balaban J connectivity index is 2.12. The highest BCUT2D eigenvalue weighted by atomic mass is 35.5. The molecular weight excluding hydrogens is 288 g/mol. The number of benzene rings is 2. The Morgan fingerprint density at radius 3 is 1.90 bits per heavy atom. The number of rotatable bonds is 2. The molecule has 0 unspecified atom stereocenters. The van der Waals surface area contributed by atoms with Gasteiger partial charge in [0.1, 0.15) is 11.5 Å². The zero-order valence-corrected chi connectivity index (χ0v) is 12.1. The Labute approximate surface area is 127 Å². The summed E-state index contributed by atoms with van der Waals surface area (Å²) in [6.07, 6.45) is 0. The van der Waals surface area contributed by atoms with Gasteiger partial charge in [-0.05, 0) is 36.4 Å². The monoisotopic (exact) mass is 298 g/mol.